The summed E-state index contributed by atoms with van der Waals surface area (Å²) in [5, 5.41) is 1.15. The molecule has 5 nitrogen and oxygen atoms in total. The van der Waals surface area contributed by atoms with Gasteiger partial charge in [0.05, 0.1) is 27.6 Å². The van der Waals surface area contributed by atoms with Crippen molar-refractivity contribution in [3.63, 3.8) is 0 Å². The predicted octanol–water partition coefficient (Wildman–Crippen LogP) is 5.91. The van der Waals surface area contributed by atoms with E-state index in [0.717, 1.165) is 52.0 Å². The van der Waals surface area contributed by atoms with Crippen LogP contribution in [0.15, 0.2) is 72.8 Å². The van der Waals surface area contributed by atoms with Crippen LogP contribution in [0.5, 0.6) is 0 Å². The van der Waals surface area contributed by atoms with Gasteiger partial charge in [0.1, 0.15) is 11.3 Å². The number of aryl methyl sites for hydroxylation is 2. The minimum Gasteiger partial charge on any atom is -0.326 e. The van der Waals surface area contributed by atoms with Gasteiger partial charge in [0.25, 0.3) is 0 Å². The van der Waals surface area contributed by atoms with Crippen LogP contribution < -0.4 is 0 Å². The smallest absolute Gasteiger partial charge is 0.160 e. The molecule has 6 aromatic rings. The molecule has 0 aliphatic heterocycles. The number of hydrogen-bond donors (Lipinski definition) is 0. The van der Waals surface area contributed by atoms with Gasteiger partial charge in [-0.15, -0.1) is 0 Å². The van der Waals surface area contributed by atoms with Crippen molar-refractivity contribution in [1.82, 2.24) is 24.1 Å². The standard InChI is InChI=1S/C26H23N5/c1-17(2)25-29-21-12-6-8-14-23(21)31(25)16-15-30-22-13-7-3-9-18(22)24-26(30)28-20-11-5-4-10-19(20)27-24/h3-14,17H,15-16H2,1-2H3. The molecule has 0 atom stereocenters. The molecule has 31 heavy (non-hydrogen) atoms. The molecule has 0 radical (unpaired) electrons. The largest absolute Gasteiger partial charge is 0.326 e. The second-order valence-electron chi connectivity index (χ2n) is 8.32. The Hall–Kier alpha value is -3.73. The van der Waals surface area contributed by atoms with Gasteiger partial charge < -0.3 is 9.13 Å². The molecule has 0 amide bonds. The van der Waals surface area contributed by atoms with Crippen LogP contribution >= 0.6 is 0 Å². The fraction of sp³-hybridized carbons (Fsp3) is 0.192. The molecule has 0 bridgehead atoms. The van der Waals surface area contributed by atoms with Gasteiger partial charge in [0.15, 0.2) is 5.65 Å². The molecule has 3 heterocycles. The summed E-state index contributed by atoms with van der Waals surface area (Å²) in [6, 6.07) is 24.9. The molecule has 0 spiro atoms. The Bertz CT molecular complexity index is 1570. The van der Waals surface area contributed by atoms with Crippen LogP contribution in [0, 0.1) is 0 Å². The number of hydrogen-bond acceptors (Lipinski definition) is 3. The lowest BCUT2D eigenvalue weighted by atomic mass is 10.2. The van der Waals surface area contributed by atoms with Crippen LogP contribution in [0.3, 0.4) is 0 Å². The number of rotatable bonds is 4. The zero-order valence-corrected chi connectivity index (χ0v) is 17.7. The molecule has 3 aromatic heterocycles. The number of nitrogens with zero attached hydrogens (tertiary/aromatic N) is 5. The SMILES string of the molecule is CC(C)c1nc2ccccc2n1CCn1c2ccccc2c2nc3ccccc3nc21. The van der Waals surface area contributed by atoms with Crippen molar-refractivity contribution in [1.29, 1.82) is 0 Å². The highest BCUT2D eigenvalue weighted by Crippen LogP contribution is 2.29. The average Bonchev–Trinajstić information content (AvgIpc) is 3.32. The van der Waals surface area contributed by atoms with Gasteiger partial charge in [-0.1, -0.05) is 56.3 Å². The van der Waals surface area contributed by atoms with E-state index in [2.05, 4.69) is 71.5 Å². The van der Waals surface area contributed by atoms with E-state index in [1.165, 1.54) is 11.0 Å². The molecular formula is C26H23N5. The van der Waals surface area contributed by atoms with Crippen LogP contribution in [0.1, 0.15) is 25.6 Å². The van der Waals surface area contributed by atoms with Gasteiger partial charge in [-0.25, -0.2) is 15.0 Å². The quantitative estimate of drug-likeness (QED) is 0.366. The maximum Gasteiger partial charge on any atom is 0.160 e. The fourth-order valence-electron chi connectivity index (χ4n) is 4.58. The molecule has 0 aliphatic rings. The molecule has 0 saturated heterocycles. The molecule has 0 unspecified atom stereocenters. The molecule has 0 aliphatic carbocycles. The Morgan fingerprint density at radius 1 is 0.645 bits per heavy atom. The Balaban J connectivity index is 1.53. The Labute approximate surface area is 180 Å². The zero-order chi connectivity index (χ0) is 20.9. The lowest BCUT2D eigenvalue weighted by molar-refractivity contribution is 0.573. The molecule has 0 fully saturated rings. The number of benzene rings is 3. The minimum atomic E-state index is 0.356. The third kappa shape index (κ3) is 2.81. The minimum absolute atomic E-state index is 0.356. The number of aromatic nitrogens is 5. The summed E-state index contributed by atoms with van der Waals surface area (Å²) in [5.41, 5.74) is 7.17. The normalized spacial score (nSPS) is 12.1. The third-order valence-electron chi connectivity index (χ3n) is 6.01. The Morgan fingerprint density at radius 3 is 2.03 bits per heavy atom. The fourth-order valence-corrected chi connectivity index (χ4v) is 4.58. The summed E-state index contributed by atoms with van der Waals surface area (Å²) in [7, 11) is 0. The lowest BCUT2D eigenvalue weighted by Gasteiger charge is -2.13. The van der Waals surface area contributed by atoms with E-state index in [4.69, 9.17) is 15.0 Å². The second kappa shape index (κ2) is 6.91. The maximum atomic E-state index is 5.01. The van der Waals surface area contributed by atoms with E-state index < -0.39 is 0 Å². The summed E-state index contributed by atoms with van der Waals surface area (Å²) in [4.78, 5) is 14.9. The molecular weight excluding hydrogens is 382 g/mol. The predicted molar refractivity (Wildman–Crippen MR) is 126 cm³/mol. The van der Waals surface area contributed by atoms with Gasteiger partial charge in [0.2, 0.25) is 0 Å². The average molecular weight is 406 g/mol. The Kier molecular flexibility index (Phi) is 4.03. The number of imidazole rings is 1. The van der Waals surface area contributed by atoms with Gasteiger partial charge in [0, 0.05) is 24.4 Å². The second-order valence-corrected chi connectivity index (χ2v) is 8.32. The topological polar surface area (TPSA) is 48.5 Å². The molecule has 6 rings (SSSR count). The number of fused-ring (bicyclic) bond motifs is 5. The molecule has 5 heteroatoms. The summed E-state index contributed by atoms with van der Waals surface area (Å²) in [6.45, 7) is 6.04. The highest BCUT2D eigenvalue weighted by molar-refractivity contribution is 6.06. The van der Waals surface area contributed by atoms with Crippen LogP contribution in [0.2, 0.25) is 0 Å². The highest BCUT2D eigenvalue weighted by Gasteiger charge is 2.17. The van der Waals surface area contributed by atoms with E-state index in [0.29, 0.717) is 5.92 Å². The molecule has 3 aromatic carbocycles. The van der Waals surface area contributed by atoms with E-state index in [9.17, 15) is 0 Å². The summed E-state index contributed by atoms with van der Waals surface area (Å²) in [6.07, 6.45) is 0. The maximum absolute atomic E-state index is 5.01. The summed E-state index contributed by atoms with van der Waals surface area (Å²) < 4.78 is 4.66. The van der Waals surface area contributed by atoms with Crippen molar-refractivity contribution in [2.45, 2.75) is 32.9 Å². The molecule has 0 N–H and O–H groups in total. The van der Waals surface area contributed by atoms with Gasteiger partial charge in [-0.3, -0.25) is 0 Å². The van der Waals surface area contributed by atoms with Crippen molar-refractivity contribution in [3.05, 3.63) is 78.6 Å². The number of para-hydroxylation sites is 5. The van der Waals surface area contributed by atoms with Crippen LogP contribution in [0.25, 0.3) is 44.1 Å². The van der Waals surface area contributed by atoms with E-state index in [1.54, 1.807) is 0 Å². The first-order valence-electron chi connectivity index (χ1n) is 10.8. The molecule has 0 saturated carbocycles. The lowest BCUT2D eigenvalue weighted by Crippen LogP contribution is -2.11. The van der Waals surface area contributed by atoms with Crippen molar-refractivity contribution < 1.29 is 0 Å². The van der Waals surface area contributed by atoms with Crippen molar-refractivity contribution in [2.75, 3.05) is 0 Å². The van der Waals surface area contributed by atoms with E-state index in [1.807, 2.05) is 24.3 Å². The van der Waals surface area contributed by atoms with E-state index in [-0.39, 0.29) is 0 Å². The van der Waals surface area contributed by atoms with E-state index >= 15 is 0 Å². The Morgan fingerprint density at radius 2 is 1.26 bits per heavy atom. The highest BCUT2D eigenvalue weighted by atomic mass is 15.1. The molecule has 152 valence electrons. The first kappa shape index (κ1) is 18.1. The van der Waals surface area contributed by atoms with Crippen molar-refractivity contribution >= 4 is 44.1 Å². The van der Waals surface area contributed by atoms with Crippen LogP contribution in [-0.2, 0) is 13.1 Å². The monoisotopic (exact) mass is 405 g/mol. The van der Waals surface area contributed by atoms with Crippen LogP contribution in [0.4, 0.5) is 0 Å². The van der Waals surface area contributed by atoms with Gasteiger partial charge in [-0.2, -0.15) is 0 Å². The van der Waals surface area contributed by atoms with Crippen molar-refractivity contribution in [3.8, 4) is 0 Å². The third-order valence-corrected chi connectivity index (χ3v) is 6.01. The zero-order valence-electron chi connectivity index (χ0n) is 17.7. The van der Waals surface area contributed by atoms with Gasteiger partial charge in [-0.05, 0) is 30.3 Å². The van der Waals surface area contributed by atoms with Crippen molar-refractivity contribution in [2.24, 2.45) is 0 Å². The first-order valence-corrected chi connectivity index (χ1v) is 10.8. The van der Waals surface area contributed by atoms with Gasteiger partial charge >= 0.3 is 0 Å². The summed E-state index contributed by atoms with van der Waals surface area (Å²) >= 11 is 0. The summed E-state index contributed by atoms with van der Waals surface area (Å²) in [5.74, 6) is 1.48. The van der Waals surface area contributed by atoms with Crippen LogP contribution in [-0.4, -0.2) is 24.1 Å². The first-order chi connectivity index (χ1) is 15.2.